The molecule has 1 aliphatic rings. The van der Waals surface area contributed by atoms with Gasteiger partial charge in [0.05, 0.1) is 7.11 Å². The molecule has 1 fully saturated rings. The number of phenols is 1. The van der Waals surface area contributed by atoms with Gasteiger partial charge in [-0.1, -0.05) is 25.5 Å². The first-order valence-corrected chi connectivity index (χ1v) is 7.70. The lowest BCUT2D eigenvalue weighted by molar-refractivity contribution is 0.156. The Kier molecular flexibility index (Phi) is 5.30. The number of hydrogen-bond donors (Lipinski definition) is 1. The normalized spacial score (nSPS) is 23.0. The van der Waals surface area contributed by atoms with Gasteiger partial charge in [0.25, 0.3) is 0 Å². The van der Waals surface area contributed by atoms with Crippen LogP contribution in [-0.2, 0) is 6.54 Å². The molecule has 1 aromatic rings. The van der Waals surface area contributed by atoms with Gasteiger partial charge in [-0.3, -0.25) is 4.90 Å². The van der Waals surface area contributed by atoms with Crippen LogP contribution in [0.3, 0.4) is 0 Å². The molecule has 2 rings (SSSR count). The van der Waals surface area contributed by atoms with E-state index in [0.717, 1.165) is 18.0 Å². The summed E-state index contributed by atoms with van der Waals surface area (Å²) in [7, 11) is 3.75. The van der Waals surface area contributed by atoms with Crippen LogP contribution in [0.25, 0.3) is 0 Å². The molecule has 0 heterocycles. The first-order chi connectivity index (χ1) is 9.65. The number of hydrogen-bond acceptors (Lipinski definition) is 3. The second kappa shape index (κ2) is 6.98. The monoisotopic (exact) mass is 277 g/mol. The molecule has 0 amide bonds. The Morgan fingerprint density at radius 3 is 2.55 bits per heavy atom. The van der Waals surface area contributed by atoms with Gasteiger partial charge in [-0.25, -0.2) is 0 Å². The van der Waals surface area contributed by atoms with E-state index in [2.05, 4.69) is 18.9 Å². The predicted molar refractivity (Wildman–Crippen MR) is 82.2 cm³/mol. The summed E-state index contributed by atoms with van der Waals surface area (Å²) >= 11 is 0. The van der Waals surface area contributed by atoms with E-state index >= 15 is 0 Å². The highest BCUT2D eigenvalue weighted by Gasteiger charge is 2.23. The van der Waals surface area contributed by atoms with Crippen LogP contribution in [0.1, 0.15) is 44.6 Å². The third kappa shape index (κ3) is 3.45. The SMILES string of the molecule is CCC1CCC(N(C)Cc2cccc(OC)c2O)CC1. The molecule has 0 aromatic heterocycles. The van der Waals surface area contributed by atoms with E-state index in [4.69, 9.17) is 4.74 Å². The van der Waals surface area contributed by atoms with Gasteiger partial charge in [0.2, 0.25) is 0 Å². The summed E-state index contributed by atoms with van der Waals surface area (Å²) in [5, 5.41) is 10.2. The van der Waals surface area contributed by atoms with E-state index in [0.29, 0.717) is 11.8 Å². The van der Waals surface area contributed by atoms with Gasteiger partial charge in [0.1, 0.15) is 0 Å². The van der Waals surface area contributed by atoms with Gasteiger partial charge in [0.15, 0.2) is 11.5 Å². The largest absolute Gasteiger partial charge is 0.504 e. The molecule has 0 spiro atoms. The van der Waals surface area contributed by atoms with Crippen LogP contribution in [0.2, 0.25) is 0 Å². The van der Waals surface area contributed by atoms with Crippen LogP contribution in [0.5, 0.6) is 11.5 Å². The zero-order valence-electron chi connectivity index (χ0n) is 12.9. The first-order valence-electron chi connectivity index (χ1n) is 7.70. The number of nitrogens with zero attached hydrogens (tertiary/aromatic N) is 1. The molecule has 20 heavy (non-hydrogen) atoms. The van der Waals surface area contributed by atoms with Crippen molar-refractivity contribution in [1.82, 2.24) is 4.90 Å². The summed E-state index contributed by atoms with van der Waals surface area (Å²) in [6, 6.07) is 6.36. The lowest BCUT2D eigenvalue weighted by Gasteiger charge is -2.34. The third-order valence-electron chi connectivity index (χ3n) is 4.74. The maximum atomic E-state index is 10.2. The van der Waals surface area contributed by atoms with E-state index < -0.39 is 0 Å². The van der Waals surface area contributed by atoms with Gasteiger partial charge in [-0.15, -0.1) is 0 Å². The molecule has 0 unspecified atom stereocenters. The predicted octanol–water partition coefficient (Wildman–Crippen LogP) is 3.80. The number of methoxy groups -OCH3 is 1. The third-order valence-corrected chi connectivity index (χ3v) is 4.74. The lowest BCUT2D eigenvalue weighted by atomic mass is 9.84. The van der Waals surface area contributed by atoms with Crippen molar-refractivity contribution in [2.75, 3.05) is 14.2 Å². The van der Waals surface area contributed by atoms with E-state index in [1.165, 1.54) is 32.1 Å². The quantitative estimate of drug-likeness (QED) is 0.888. The highest BCUT2D eigenvalue weighted by atomic mass is 16.5. The van der Waals surface area contributed by atoms with Gasteiger partial charge < -0.3 is 9.84 Å². The average molecular weight is 277 g/mol. The average Bonchev–Trinajstić information content (AvgIpc) is 2.49. The Hall–Kier alpha value is -1.22. The Bertz CT molecular complexity index is 425. The minimum Gasteiger partial charge on any atom is -0.504 e. The van der Waals surface area contributed by atoms with E-state index in [1.54, 1.807) is 13.2 Å². The topological polar surface area (TPSA) is 32.7 Å². The fraction of sp³-hybridized carbons (Fsp3) is 0.647. The molecule has 112 valence electrons. The highest BCUT2D eigenvalue weighted by Crippen LogP contribution is 2.33. The van der Waals surface area contributed by atoms with Crippen LogP contribution >= 0.6 is 0 Å². The molecule has 0 radical (unpaired) electrons. The van der Waals surface area contributed by atoms with Crippen molar-refractivity contribution in [3.8, 4) is 11.5 Å². The number of benzene rings is 1. The molecule has 3 heteroatoms. The van der Waals surface area contributed by atoms with E-state index in [1.807, 2.05) is 12.1 Å². The van der Waals surface area contributed by atoms with Crippen LogP contribution < -0.4 is 4.74 Å². The number of rotatable bonds is 5. The van der Waals surface area contributed by atoms with Crippen molar-refractivity contribution in [3.63, 3.8) is 0 Å². The standard InChI is InChI=1S/C17H27NO2/c1-4-13-8-10-15(11-9-13)18(2)12-14-6-5-7-16(20-3)17(14)19/h5-7,13,15,19H,4,8-12H2,1-3H3. The van der Waals surface area contributed by atoms with Crippen LogP contribution in [0.15, 0.2) is 18.2 Å². The fourth-order valence-corrected chi connectivity index (χ4v) is 3.25. The summed E-state index contributed by atoms with van der Waals surface area (Å²) in [6.07, 6.45) is 6.55. The number of aromatic hydroxyl groups is 1. The smallest absolute Gasteiger partial charge is 0.162 e. The zero-order chi connectivity index (χ0) is 14.5. The molecular weight excluding hydrogens is 250 g/mol. The second-order valence-electron chi connectivity index (χ2n) is 5.97. The van der Waals surface area contributed by atoms with E-state index in [9.17, 15) is 5.11 Å². The van der Waals surface area contributed by atoms with Crippen molar-refractivity contribution in [3.05, 3.63) is 23.8 Å². The Morgan fingerprint density at radius 2 is 1.95 bits per heavy atom. The van der Waals surface area contributed by atoms with Gasteiger partial charge in [0, 0.05) is 18.2 Å². The molecule has 0 aliphatic heterocycles. The summed E-state index contributed by atoms with van der Waals surface area (Å²) in [5.74, 6) is 1.76. The van der Waals surface area contributed by atoms with E-state index in [-0.39, 0.29) is 5.75 Å². The Labute approximate surface area is 122 Å². The van der Waals surface area contributed by atoms with Crippen molar-refractivity contribution < 1.29 is 9.84 Å². The summed E-state index contributed by atoms with van der Waals surface area (Å²) in [6.45, 7) is 3.08. The molecule has 3 nitrogen and oxygen atoms in total. The minimum atomic E-state index is 0.282. The van der Waals surface area contributed by atoms with Crippen LogP contribution in [-0.4, -0.2) is 30.2 Å². The minimum absolute atomic E-state index is 0.282. The second-order valence-corrected chi connectivity index (χ2v) is 5.97. The number of ether oxygens (including phenoxy) is 1. The van der Waals surface area contributed by atoms with Gasteiger partial charge >= 0.3 is 0 Å². The fourth-order valence-electron chi connectivity index (χ4n) is 3.25. The van der Waals surface area contributed by atoms with Crippen molar-refractivity contribution in [2.24, 2.45) is 5.92 Å². The molecule has 1 saturated carbocycles. The molecule has 1 aliphatic carbocycles. The molecule has 1 aromatic carbocycles. The number of para-hydroxylation sites is 1. The Morgan fingerprint density at radius 1 is 1.25 bits per heavy atom. The maximum Gasteiger partial charge on any atom is 0.162 e. The molecular formula is C17H27NO2. The summed E-state index contributed by atoms with van der Waals surface area (Å²) < 4.78 is 5.17. The molecule has 0 saturated heterocycles. The van der Waals surface area contributed by atoms with Crippen molar-refractivity contribution in [2.45, 2.75) is 51.6 Å². The van der Waals surface area contributed by atoms with Gasteiger partial charge in [-0.2, -0.15) is 0 Å². The van der Waals surface area contributed by atoms with Crippen molar-refractivity contribution >= 4 is 0 Å². The highest BCUT2D eigenvalue weighted by molar-refractivity contribution is 5.45. The summed E-state index contributed by atoms with van der Waals surface area (Å²) in [5.41, 5.74) is 0.949. The summed E-state index contributed by atoms with van der Waals surface area (Å²) in [4.78, 5) is 2.38. The lowest BCUT2D eigenvalue weighted by Crippen LogP contribution is -2.34. The molecule has 0 bridgehead atoms. The Balaban J connectivity index is 1.96. The molecule has 0 atom stereocenters. The maximum absolute atomic E-state index is 10.2. The van der Waals surface area contributed by atoms with Crippen molar-refractivity contribution in [1.29, 1.82) is 0 Å². The van der Waals surface area contributed by atoms with Crippen LogP contribution in [0.4, 0.5) is 0 Å². The van der Waals surface area contributed by atoms with Gasteiger partial charge in [-0.05, 0) is 44.7 Å². The van der Waals surface area contributed by atoms with Crippen LogP contribution in [0, 0.1) is 5.92 Å². The molecule has 1 N–H and O–H groups in total. The zero-order valence-corrected chi connectivity index (χ0v) is 12.9. The number of phenolic OH excluding ortho intramolecular Hbond substituents is 1. The first kappa shape index (κ1) is 15.2.